The fourth-order valence-electron chi connectivity index (χ4n) is 3.82. The van der Waals surface area contributed by atoms with Crippen molar-refractivity contribution in [3.8, 4) is 11.8 Å². The number of rotatable bonds is 7. The molecule has 1 aromatic heterocycles. The van der Waals surface area contributed by atoms with Crippen LogP contribution in [0.3, 0.4) is 0 Å². The van der Waals surface area contributed by atoms with Crippen molar-refractivity contribution in [2.24, 2.45) is 5.92 Å². The molecule has 1 aromatic rings. The maximum absolute atomic E-state index is 14.4. The molecule has 28 heavy (non-hydrogen) atoms. The maximum Gasteiger partial charge on any atom is 0.253 e. The van der Waals surface area contributed by atoms with E-state index >= 15 is 0 Å². The molecule has 156 valence electrons. The number of carbonyl (C=O) groups excluding carboxylic acids is 1. The summed E-state index contributed by atoms with van der Waals surface area (Å²) in [7, 11) is 3.28. The van der Waals surface area contributed by atoms with Crippen molar-refractivity contribution >= 4 is 5.91 Å². The van der Waals surface area contributed by atoms with E-state index in [1.807, 2.05) is 11.9 Å². The van der Waals surface area contributed by atoms with Gasteiger partial charge in [0.2, 0.25) is 17.7 Å². The SMILES string of the molecule is COc1nc(OC[C@H]2CCC(F)(F)C2)c(F)cc1CNC(=O)C1CCCN1C. The van der Waals surface area contributed by atoms with Crippen LogP contribution < -0.4 is 14.8 Å². The van der Waals surface area contributed by atoms with E-state index in [0.29, 0.717) is 12.0 Å². The van der Waals surface area contributed by atoms with Crippen molar-refractivity contribution < 1.29 is 27.4 Å². The number of hydrogen-bond acceptors (Lipinski definition) is 5. The van der Waals surface area contributed by atoms with Gasteiger partial charge in [-0.25, -0.2) is 13.2 Å². The summed E-state index contributed by atoms with van der Waals surface area (Å²) >= 11 is 0. The molecule has 0 aromatic carbocycles. The number of ether oxygens (including phenoxy) is 2. The first kappa shape index (κ1) is 20.7. The largest absolute Gasteiger partial charge is 0.481 e. The quantitative estimate of drug-likeness (QED) is 0.761. The van der Waals surface area contributed by atoms with E-state index in [4.69, 9.17) is 9.47 Å². The molecular weight excluding hydrogens is 375 g/mol. The molecule has 1 saturated carbocycles. The molecule has 2 fully saturated rings. The zero-order valence-corrected chi connectivity index (χ0v) is 16.1. The number of nitrogens with one attached hydrogen (secondary N) is 1. The molecule has 1 unspecified atom stereocenters. The van der Waals surface area contributed by atoms with Gasteiger partial charge in [0, 0.05) is 24.9 Å². The van der Waals surface area contributed by atoms with Crippen LogP contribution in [0.2, 0.25) is 0 Å². The molecule has 1 aliphatic heterocycles. The van der Waals surface area contributed by atoms with Gasteiger partial charge in [-0.15, -0.1) is 0 Å². The molecule has 2 atom stereocenters. The summed E-state index contributed by atoms with van der Waals surface area (Å²) in [5, 5.41) is 2.79. The molecule has 2 heterocycles. The Morgan fingerprint density at radius 2 is 2.18 bits per heavy atom. The smallest absolute Gasteiger partial charge is 0.253 e. The summed E-state index contributed by atoms with van der Waals surface area (Å²) in [5.74, 6) is -3.99. The van der Waals surface area contributed by atoms with E-state index in [2.05, 4.69) is 10.3 Å². The first-order valence-electron chi connectivity index (χ1n) is 9.51. The highest BCUT2D eigenvalue weighted by atomic mass is 19.3. The van der Waals surface area contributed by atoms with Gasteiger partial charge < -0.3 is 14.8 Å². The van der Waals surface area contributed by atoms with Crippen LogP contribution in [0.4, 0.5) is 13.2 Å². The highest BCUT2D eigenvalue weighted by molar-refractivity contribution is 5.82. The lowest BCUT2D eigenvalue weighted by atomic mass is 10.1. The zero-order valence-electron chi connectivity index (χ0n) is 16.1. The predicted octanol–water partition coefficient (Wildman–Crippen LogP) is 2.75. The third kappa shape index (κ3) is 4.87. The van der Waals surface area contributed by atoms with Gasteiger partial charge in [0.25, 0.3) is 5.88 Å². The van der Waals surface area contributed by atoms with Crippen LogP contribution in [0.25, 0.3) is 0 Å². The highest BCUT2D eigenvalue weighted by Gasteiger charge is 2.39. The number of nitrogens with zero attached hydrogens (tertiary/aromatic N) is 2. The fraction of sp³-hybridized carbons (Fsp3) is 0.684. The van der Waals surface area contributed by atoms with E-state index in [9.17, 15) is 18.0 Å². The number of hydrogen-bond donors (Lipinski definition) is 1. The van der Waals surface area contributed by atoms with Crippen LogP contribution in [0.1, 0.15) is 37.7 Å². The fourth-order valence-corrected chi connectivity index (χ4v) is 3.82. The zero-order chi connectivity index (χ0) is 20.3. The number of methoxy groups -OCH3 is 1. The Balaban J connectivity index is 1.60. The standard InChI is InChI=1S/C19H26F3N3O3/c1-25-7-3-4-15(25)16(26)23-10-13-8-14(20)18(24-17(13)27-2)28-11-12-5-6-19(21,22)9-12/h8,12,15H,3-7,9-11H2,1-2H3,(H,23,26)/t12-,15?/m0/s1. The summed E-state index contributed by atoms with van der Waals surface area (Å²) in [5.41, 5.74) is 0.383. The molecule has 1 aliphatic carbocycles. The van der Waals surface area contributed by atoms with Crippen molar-refractivity contribution in [2.75, 3.05) is 27.3 Å². The van der Waals surface area contributed by atoms with E-state index in [1.165, 1.54) is 13.2 Å². The Kier molecular flexibility index (Phi) is 6.32. The Bertz CT molecular complexity index is 717. The van der Waals surface area contributed by atoms with Crippen LogP contribution in [0, 0.1) is 11.7 Å². The van der Waals surface area contributed by atoms with Crippen LogP contribution in [-0.2, 0) is 11.3 Å². The number of likely N-dealkylation sites (N-methyl/N-ethyl adjacent to an activating group) is 1. The highest BCUT2D eigenvalue weighted by Crippen LogP contribution is 2.39. The number of carbonyl (C=O) groups is 1. The molecular formula is C19H26F3N3O3. The normalized spacial score (nSPS) is 24.3. The van der Waals surface area contributed by atoms with Gasteiger partial charge >= 0.3 is 0 Å². The van der Waals surface area contributed by atoms with Gasteiger partial charge in [-0.05, 0) is 44.8 Å². The monoisotopic (exact) mass is 401 g/mol. The lowest BCUT2D eigenvalue weighted by Crippen LogP contribution is -2.41. The van der Waals surface area contributed by atoms with Gasteiger partial charge in [0.1, 0.15) is 0 Å². The molecule has 1 saturated heterocycles. The molecule has 0 spiro atoms. The molecule has 1 N–H and O–H groups in total. The number of likely N-dealkylation sites (tertiary alicyclic amines) is 1. The Morgan fingerprint density at radius 3 is 2.79 bits per heavy atom. The first-order valence-corrected chi connectivity index (χ1v) is 9.51. The molecule has 3 rings (SSSR count). The van der Waals surface area contributed by atoms with E-state index in [-0.39, 0.29) is 55.6 Å². The van der Waals surface area contributed by atoms with Crippen molar-refractivity contribution in [1.82, 2.24) is 15.2 Å². The minimum Gasteiger partial charge on any atom is -0.481 e. The Hall–Kier alpha value is -2.03. The van der Waals surface area contributed by atoms with Gasteiger partial charge in [-0.2, -0.15) is 4.98 Å². The second-order valence-corrected chi connectivity index (χ2v) is 7.58. The second kappa shape index (κ2) is 8.55. The molecule has 2 aliphatic rings. The van der Waals surface area contributed by atoms with Crippen molar-refractivity contribution in [1.29, 1.82) is 0 Å². The number of halogens is 3. The number of pyridine rings is 1. The number of alkyl halides is 2. The van der Waals surface area contributed by atoms with Crippen molar-refractivity contribution in [2.45, 2.75) is 50.6 Å². The van der Waals surface area contributed by atoms with Crippen LogP contribution in [0.15, 0.2) is 6.07 Å². The van der Waals surface area contributed by atoms with Crippen LogP contribution in [-0.4, -0.2) is 55.1 Å². The third-order valence-electron chi connectivity index (χ3n) is 5.41. The van der Waals surface area contributed by atoms with E-state index < -0.39 is 11.7 Å². The van der Waals surface area contributed by atoms with Crippen LogP contribution in [0.5, 0.6) is 11.8 Å². The lowest BCUT2D eigenvalue weighted by Gasteiger charge is -2.19. The van der Waals surface area contributed by atoms with Gasteiger partial charge in [-0.3, -0.25) is 9.69 Å². The molecule has 6 nitrogen and oxygen atoms in total. The van der Waals surface area contributed by atoms with E-state index in [1.54, 1.807) is 0 Å². The number of aromatic nitrogens is 1. The Morgan fingerprint density at radius 1 is 1.39 bits per heavy atom. The summed E-state index contributed by atoms with van der Waals surface area (Å²) < 4.78 is 51.4. The average molecular weight is 401 g/mol. The predicted molar refractivity (Wildman–Crippen MR) is 96.0 cm³/mol. The molecule has 1 amide bonds. The molecule has 9 heteroatoms. The number of amides is 1. The van der Waals surface area contributed by atoms with Gasteiger partial charge in [0.05, 0.1) is 19.8 Å². The van der Waals surface area contributed by atoms with Gasteiger partial charge in [0.15, 0.2) is 5.82 Å². The minimum absolute atomic E-state index is 0.0211. The maximum atomic E-state index is 14.4. The first-order chi connectivity index (χ1) is 13.3. The average Bonchev–Trinajstić information content (AvgIpc) is 3.23. The summed E-state index contributed by atoms with van der Waals surface area (Å²) in [4.78, 5) is 18.3. The third-order valence-corrected chi connectivity index (χ3v) is 5.41. The summed E-state index contributed by atoms with van der Waals surface area (Å²) in [6, 6.07) is 1.01. The summed E-state index contributed by atoms with van der Waals surface area (Å²) in [6.45, 7) is 0.925. The van der Waals surface area contributed by atoms with E-state index in [0.717, 1.165) is 19.4 Å². The minimum atomic E-state index is -2.67. The topological polar surface area (TPSA) is 63.7 Å². The van der Waals surface area contributed by atoms with Crippen molar-refractivity contribution in [3.63, 3.8) is 0 Å². The Labute approximate surface area is 162 Å². The lowest BCUT2D eigenvalue weighted by molar-refractivity contribution is -0.125. The van der Waals surface area contributed by atoms with Crippen molar-refractivity contribution in [3.05, 3.63) is 17.4 Å². The van der Waals surface area contributed by atoms with Crippen LogP contribution >= 0.6 is 0 Å². The second-order valence-electron chi connectivity index (χ2n) is 7.58. The summed E-state index contributed by atoms with van der Waals surface area (Å²) in [6.07, 6.45) is 1.66. The molecule has 0 bridgehead atoms. The van der Waals surface area contributed by atoms with Gasteiger partial charge in [-0.1, -0.05) is 0 Å². The molecule has 0 radical (unpaired) electrons.